The van der Waals surface area contributed by atoms with E-state index < -0.39 is 0 Å². The molecule has 0 radical (unpaired) electrons. The Hall–Kier alpha value is -3.25. The molecule has 1 aliphatic carbocycles. The number of carbonyl (C=O) groups excluding carboxylic acids is 1. The largest absolute Gasteiger partial charge is 0.345 e. The van der Waals surface area contributed by atoms with E-state index in [0.29, 0.717) is 0 Å². The number of rotatable bonds is 5. The number of carbonyl (C=O) groups is 1. The summed E-state index contributed by atoms with van der Waals surface area (Å²) in [6.45, 7) is 19.4. The number of piperazine rings is 1. The summed E-state index contributed by atoms with van der Waals surface area (Å²) in [5, 5.41) is 2.41. The molecule has 2 aromatic rings. The van der Waals surface area contributed by atoms with Crippen molar-refractivity contribution in [3.8, 4) is 0 Å². The van der Waals surface area contributed by atoms with Gasteiger partial charge in [-0.05, 0) is 47.8 Å². The van der Waals surface area contributed by atoms with Crippen molar-refractivity contribution in [2.24, 2.45) is 0 Å². The average molecular weight is 516 g/mol. The number of anilines is 1. The molecule has 1 saturated carbocycles. The summed E-state index contributed by atoms with van der Waals surface area (Å²) >= 11 is 0. The van der Waals surface area contributed by atoms with Crippen LogP contribution in [0.15, 0.2) is 55.8 Å². The molecule has 1 aromatic heterocycles. The van der Waals surface area contributed by atoms with Gasteiger partial charge in [0, 0.05) is 57.9 Å². The first-order chi connectivity index (χ1) is 18.7. The number of hydrogen-bond acceptors (Lipinski definition) is 5. The maximum absolute atomic E-state index is 11.0. The Labute approximate surface area is 229 Å². The monoisotopic (exact) mass is 515 g/mol. The van der Waals surface area contributed by atoms with E-state index in [-0.39, 0.29) is 0 Å². The molecule has 1 aromatic carbocycles. The molecule has 0 atom stereocenters. The third kappa shape index (κ3) is 7.41. The van der Waals surface area contributed by atoms with E-state index in [0.717, 1.165) is 81.8 Å². The first-order valence-corrected chi connectivity index (χ1v) is 14.2. The second kappa shape index (κ2) is 15.2. The van der Waals surface area contributed by atoms with Gasteiger partial charge in [-0.1, -0.05) is 75.9 Å². The van der Waals surface area contributed by atoms with Gasteiger partial charge in [-0.3, -0.25) is 9.69 Å². The molecule has 3 heterocycles. The Bertz CT molecular complexity index is 1170. The van der Waals surface area contributed by atoms with Crippen molar-refractivity contribution in [1.82, 2.24) is 19.8 Å². The molecule has 0 N–H and O–H groups in total. The molecular formula is C32H45N5O. The van der Waals surface area contributed by atoms with Crippen LogP contribution in [0.4, 0.5) is 5.95 Å². The van der Waals surface area contributed by atoms with Crippen molar-refractivity contribution in [3.63, 3.8) is 0 Å². The van der Waals surface area contributed by atoms with Gasteiger partial charge < -0.3 is 9.80 Å². The predicted octanol–water partition coefficient (Wildman–Crippen LogP) is 3.74. The van der Waals surface area contributed by atoms with Gasteiger partial charge >= 0.3 is 0 Å². The highest BCUT2D eigenvalue weighted by Gasteiger charge is 2.28. The zero-order valence-electron chi connectivity index (χ0n) is 23.6. The van der Waals surface area contributed by atoms with Crippen LogP contribution in [-0.2, 0) is 17.6 Å². The Balaban J connectivity index is 0.000000228. The minimum atomic E-state index is 0.766. The number of fused-ring (bicyclic) bond motifs is 1. The van der Waals surface area contributed by atoms with Gasteiger partial charge in [0.25, 0.3) is 0 Å². The highest BCUT2D eigenvalue weighted by molar-refractivity contribution is 5.65. The van der Waals surface area contributed by atoms with Crippen LogP contribution in [0, 0.1) is 0 Å². The summed E-state index contributed by atoms with van der Waals surface area (Å²) in [6, 6.07) is 9.05. The van der Waals surface area contributed by atoms with Crippen LogP contribution in [0.25, 0.3) is 11.6 Å². The first kappa shape index (κ1) is 29.3. The standard InChI is InChI=1S/C17H25N5O.C13H14.C2H6/c23-13-20-6-4-14-12-18-17(19-16(14)5-7-20)22-10-8-21(9-11-22)15-2-1-3-15;1-4-11(5-2)13-10-8-7-9-12(13)6-3;1-2/h12-13,15H,1-11H2;4-10H,1-2H2,3H3;1-2H3/b;12-6-;. The lowest BCUT2D eigenvalue weighted by Gasteiger charge is -2.43. The predicted molar refractivity (Wildman–Crippen MR) is 159 cm³/mol. The number of amides is 1. The Kier molecular flexibility index (Phi) is 11.7. The molecule has 5 rings (SSSR count). The molecule has 2 fully saturated rings. The van der Waals surface area contributed by atoms with E-state index in [1.54, 1.807) is 0 Å². The van der Waals surface area contributed by atoms with Crippen molar-refractivity contribution in [3.05, 3.63) is 77.5 Å². The third-order valence-corrected chi connectivity index (χ3v) is 7.61. The van der Waals surface area contributed by atoms with Crippen molar-refractivity contribution in [2.75, 3.05) is 44.2 Å². The van der Waals surface area contributed by atoms with E-state index in [1.165, 1.54) is 35.3 Å². The lowest BCUT2D eigenvalue weighted by atomic mass is 9.91. The van der Waals surface area contributed by atoms with Crippen molar-refractivity contribution >= 4 is 24.0 Å². The van der Waals surface area contributed by atoms with E-state index in [1.807, 2.05) is 56.2 Å². The van der Waals surface area contributed by atoms with Crippen molar-refractivity contribution in [2.45, 2.75) is 58.9 Å². The summed E-state index contributed by atoms with van der Waals surface area (Å²) in [4.78, 5) is 27.2. The average Bonchev–Trinajstić information content (AvgIpc) is 3.17. The van der Waals surface area contributed by atoms with Crippen molar-refractivity contribution < 1.29 is 4.79 Å². The minimum absolute atomic E-state index is 0.766. The fourth-order valence-corrected chi connectivity index (χ4v) is 5.09. The fraction of sp³-hybridized carbons (Fsp3) is 0.469. The summed E-state index contributed by atoms with van der Waals surface area (Å²) in [7, 11) is 0. The second-order valence-corrected chi connectivity index (χ2v) is 9.63. The van der Waals surface area contributed by atoms with E-state index in [9.17, 15) is 4.79 Å². The number of hydrogen-bond donors (Lipinski definition) is 0. The molecule has 2 aliphatic heterocycles. The zero-order valence-corrected chi connectivity index (χ0v) is 23.6. The summed E-state index contributed by atoms with van der Waals surface area (Å²) in [5.41, 5.74) is 3.40. The molecule has 0 unspecified atom stereocenters. The molecule has 38 heavy (non-hydrogen) atoms. The number of allylic oxidation sites excluding steroid dienone is 2. The van der Waals surface area contributed by atoms with Gasteiger partial charge in [-0.2, -0.15) is 0 Å². The summed E-state index contributed by atoms with van der Waals surface area (Å²) in [5.74, 6) is 0.872. The molecule has 6 heteroatoms. The van der Waals surface area contributed by atoms with Crippen LogP contribution in [-0.4, -0.2) is 71.5 Å². The van der Waals surface area contributed by atoms with Gasteiger partial charge in [0.1, 0.15) is 0 Å². The van der Waals surface area contributed by atoms with Gasteiger partial charge in [0.05, 0.1) is 5.69 Å². The Morgan fingerprint density at radius 1 is 0.974 bits per heavy atom. The number of benzene rings is 1. The molecule has 0 bridgehead atoms. The molecule has 3 aliphatic rings. The lowest BCUT2D eigenvalue weighted by molar-refractivity contribution is -0.118. The number of aromatic nitrogens is 2. The van der Waals surface area contributed by atoms with E-state index in [2.05, 4.69) is 46.2 Å². The first-order valence-electron chi connectivity index (χ1n) is 14.2. The van der Waals surface area contributed by atoms with Gasteiger partial charge in [0.2, 0.25) is 12.4 Å². The van der Waals surface area contributed by atoms with E-state index in [4.69, 9.17) is 4.98 Å². The molecule has 1 amide bonds. The van der Waals surface area contributed by atoms with Gasteiger partial charge in [-0.15, -0.1) is 0 Å². The van der Waals surface area contributed by atoms with Crippen LogP contribution in [0.2, 0.25) is 0 Å². The molecule has 204 valence electrons. The molecular weight excluding hydrogens is 470 g/mol. The topological polar surface area (TPSA) is 52.6 Å². The van der Waals surface area contributed by atoms with Gasteiger partial charge in [-0.25, -0.2) is 9.97 Å². The quantitative estimate of drug-likeness (QED) is 0.568. The summed E-state index contributed by atoms with van der Waals surface area (Å²) in [6.07, 6.45) is 14.5. The normalized spacial score (nSPS) is 17.9. The van der Waals surface area contributed by atoms with Crippen molar-refractivity contribution in [1.29, 1.82) is 0 Å². The summed E-state index contributed by atoms with van der Waals surface area (Å²) < 4.78 is 0. The minimum Gasteiger partial charge on any atom is -0.345 e. The van der Waals surface area contributed by atoms with Crippen LogP contribution in [0.5, 0.6) is 0 Å². The molecule has 6 nitrogen and oxygen atoms in total. The van der Waals surface area contributed by atoms with Crippen LogP contribution >= 0.6 is 0 Å². The van der Waals surface area contributed by atoms with Crippen LogP contribution in [0.3, 0.4) is 0 Å². The highest BCUT2D eigenvalue weighted by atomic mass is 16.1. The maximum atomic E-state index is 11.0. The molecule has 0 spiro atoms. The fourth-order valence-electron chi connectivity index (χ4n) is 5.09. The van der Waals surface area contributed by atoms with Crippen LogP contribution < -0.4 is 15.3 Å². The second-order valence-electron chi connectivity index (χ2n) is 9.63. The maximum Gasteiger partial charge on any atom is 0.225 e. The smallest absolute Gasteiger partial charge is 0.225 e. The Morgan fingerprint density at radius 3 is 2.26 bits per heavy atom. The SMILES string of the molecule is C=CC(C=C)=c1cccc/c1=C/C.CC.O=CN1CCc2cnc(N3CCN(C4CCC4)CC3)nc2CC1. The molecule has 1 saturated heterocycles. The zero-order chi connectivity index (χ0) is 27.3. The van der Waals surface area contributed by atoms with Gasteiger partial charge in [0.15, 0.2) is 0 Å². The Morgan fingerprint density at radius 2 is 1.66 bits per heavy atom. The van der Waals surface area contributed by atoms with Crippen LogP contribution in [0.1, 0.15) is 51.3 Å². The lowest BCUT2D eigenvalue weighted by Crippen LogP contribution is -2.52. The number of nitrogens with zero attached hydrogens (tertiary/aromatic N) is 5. The van der Waals surface area contributed by atoms with E-state index >= 15 is 0 Å². The highest BCUT2D eigenvalue weighted by Crippen LogP contribution is 2.26. The third-order valence-electron chi connectivity index (χ3n) is 7.61.